The van der Waals surface area contributed by atoms with Crippen molar-refractivity contribution in [3.63, 3.8) is 0 Å². The molecule has 2 aromatic carbocycles. The number of likely N-dealkylation sites (N-methyl/N-ethyl adjacent to an activating group) is 1. The molecule has 1 aromatic heterocycles. The van der Waals surface area contributed by atoms with Crippen molar-refractivity contribution in [1.29, 1.82) is 0 Å². The molecule has 5 rings (SSSR count). The average Bonchev–Trinajstić information content (AvgIpc) is 2.89. The summed E-state index contributed by atoms with van der Waals surface area (Å²) in [7, 11) is 1.67. The van der Waals surface area contributed by atoms with Gasteiger partial charge in [0.2, 0.25) is 5.91 Å². The Labute approximate surface area is 182 Å². The number of anilines is 2. The fourth-order valence-electron chi connectivity index (χ4n) is 4.41. The molecule has 0 saturated carbocycles. The number of alkyl halides is 3. The van der Waals surface area contributed by atoms with Crippen LogP contribution >= 0.6 is 15.9 Å². The van der Waals surface area contributed by atoms with Gasteiger partial charge in [-0.15, -0.1) is 13.2 Å². The van der Waals surface area contributed by atoms with Gasteiger partial charge in [-0.25, -0.2) is 4.39 Å². The number of carbonyl (C=O) groups excluding carboxylic acids is 1. The molecule has 0 radical (unpaired) electrons. The highest BCUT2D eigenvalue weighted by Gasteiger charge is 2.58. The largest absolute Gasteiger partial charge is 0.573 e. The molecule has 10 heteroatoms. The normalized spacial score (nSPS) is 17.3. The number of nitrogens with zero attached hydrogens (tertiary/aromatic N) is 3. The van der Waals surface area contributed by atoms with Gasteiger partial charge in [0, 0.05) is 42.8 Å². The van der Waals surface area contributed by atoms with Crippen LogP contribution in [0.3, 0.4) is 0 Å². The topological polar surface area (TPSA) is 45.7 Å². The Morgan fingerprint density at radius 1 is 1.16 bits per heavy atom. The van der Waals surface area contributed by atoms with Gasteiger partial charge in [-0.2, -0.15) is 0 Å². The summed E-state index contributed by atoms with van der Waals surface area (Å²) in [4.78, 5) is 21.0. The molecule has 0 unspecified atom stereocenters. The van der Waals surface area contributed by atoms with Crippen LogP contribution in [-0.2, 0) is 10.2 Å². The highest BCUT2D eigenvalue weighted by atomic mass is 79.9. The second-order valence-corrected chi connectivity index (χ2v) is 8.50. The quantitative estimate of drug-likeness (QED) is 0.480. The van der Waals surface area contributed by atoms with E-state index in [1.165, 1.54) is 30.3 Å². The number of rotatable bonds is 2. The number of amides is 1. The van der Waals surface area contributed by atoms with Crippen molar-refractivity contribution < 1.29 is 27.1 Å². The standard InChI is InChI=1S/C21H14BrF4N3O2/c1-28-17-8-27-16-7-15(23)14(22)6-13(16)18(17)20(19(28)30)9-29(10-20)11-2-4-12(5-3-11)31-21(24,25)26/h2-8H,9-10H2,1H3. The maximum atomic E-state index is 14.0. The summed E-state index contributed by atoms with van der Waals surface area (Å²) < 4.78 is 55.3. The summed E-state index contributed by atoms with van der Waals surface area (Å²) in [6, 6.07) is 8.49. The number of fused-ring (bicyclic) bond motifs is 4. The van der Waals surface area contributed by atoms with Gasteiger partial charge in [0.1, 0.15) is 17.0 Å². The first-order chi connectivity index (χ1) is 14.6. The van der Waals surface area contributed by atoms with Crippen molar-refractivity contribution in [3.8, 4) is 5.75 Å². The zero-order chi connectivity index (χ0) is 22.1. The van der Waals surface area contributed by atoms with Crippen LogP contribution in [0.4, 0.5) is 28.9 Å². The van der Waals surface area contributed by atoms with E-state index in [1.807, 2.05) is 4.90 Å². The van der Waals surface area contributed by atoms with Gasteiger partial charge in [-0.05, 0) is 46.3 Å². The Bertz CT molecular complexity index is 1220. The summed E-state index contributed by atoms with van der Waals surface area (Å²) in [5.74, 6) is -0.842. The predicted octanol–water partition coefficient (Wildman–Crippen LogP) is 4.77. The Morgan fingerprint density at radius 3 is 2.48 bits per heavy atom. The molecule has 1 spiro atoms. The average molecular weight is 496 g/mol. The number of hydrogen-bond acceptors (Lipinski definition) is 4. The van der Waals surface area contributed by atoms with E-state index in [0.29, 0.717) is 35.4 Å². The van der Waals surface area contributed by atoms with Gasteiger partial charge in [0.05, 0.1) is 21.9 Å². The Kier molecular flexibility index (Phi) is 4.24. The van der Waals surface area contributed by atoms with Crippen molar-refractivity contribution in [2.75, 3.05) is 29.9 Å². The first-order valence-corrected chi connectivity index (χ1v) is 10.1. The van der Waals surface area contributed by atoms with Crippen molar-refractivity contribution in [2.24, 2.45) is 0 Å². The van der Waals surface area contributed by atoms with Gasteiger partial charge in [-0.1, -0.05) is 0 Å². The Morgan fingerprint density at radius 2 is 1.84 bits per heavy atom. The molecule has 1 fully saturated rings. The molecule has 3 heterocycles. The molecule has 0 bridgehead atoms. The van der Waals surface area contributed by atoms with Crippen molar-refractivity contribution >= 4 is 44.1 Å². The molecule has 160 valence electrons. The second kappa shape index (κ2) is 6.56. The summed E-state index contributed by atoms with van der Waals surface area (Å²) in [5.41, 5.74) is 1.76. The van der Waals surface area contributed by atoms with E-state index in [4.69, 9.17) is 0 Å². The molecular formula is C21H14BrF4N3O2. The third-order valence-electron chi connectivity index (χ3n) is 5.80. The molecule has 0 N–H and O–H groups in total. The highest BCUT2D eigenvalue weighted by molar-refractivity contribution is 9.10. The van der Waals surface area contributed by atoms with Crippen LogP contribution in [0.1, 0.15) is 5.56 Å². The molecule has 2 aliphatic rings. The van der Waals surface area contributed by atoms with E-state index in [-0.39, 0.29) is 16.1 Å². The number of aromatic nitrogens is 1. The fraction of sp³-hybridized carbons (Fsp3) is 0.238. The van der Waals surface area contributed by atoms with Crippen LogP contribution in [0, 0.1) is 5.82 Å². The maximum Gasteiger partial charge on any atom is 0.573 e. The minimum absolute atomic E-state index is 0.0921. The number of benzene rings is 2. The van der Waals surface area contributed by atoms with E-state index in [1.54, 1.807) is 24.2 Å². The molecule has 0 aliphatic carbocycles. The van der Waals surface area contributed by atoms with E-state index >= 15 is 0 Å². The van der Waals surface area contributed by atoms with Crippen molar-refractivity contribution in [3.05, 3.63) is 58.4 Å². The molecule has 5 nitrogen and oxygen atoms in total. The number of halogens is 5. The number of carbonyl (C=O) groups is 1. The summed E-state index contributed by atoms with van der Waals surface area (Å²) in [6.45, 7) is 0.688. The highest BCUT2D eigenvalue weighted by Crippen LogP contribution is 2.50. The molecule has 31 heavy (non-hydrogen) atoms. The monoisotopic (exact) mass is 495 g/mol. The zero-order valence-electron chi connectivity index (χ0n) is 16.0. The third kappa shape index (κ3) is 3.03. The van der Waals surface area contributed by atoms with Gasteiger partial charge in [0.25, 0.3) is 0 Å². The fourth-order valence-corrected chi connectivity index (χ4v) is 4.75. The van der Waals surface area contributed by atoms with E-state index < -0.39 is 17.6 Å². The van der Waals surface area contributed by atoms with Gasteiger partial charge in [-0.3, -0.25) is 9.78 Å². The Hall–Kier alpha value is -2.88. The van der Waals surface area contributed by atoms with Crippen LogP contribution in [0.5, 0.6) is 5.75 Å². The summed E-state index contributed by atoms with van der Waals surface area (Å²) in [5, 5.41) is 0.692. The maximum absolute atomic E-state index is 14.0. The molecular weight excluding hydrogens is 482 g/mol. The summed E-state index contributed by atoms with van der Waals surface area (Å²) in [6.07, 6.45) is -3.18. The lowest BCUT2D eigenvalue weighted by molar-refractivity contribution is -0.274. The number of ether oxygens (including phenoxy) is 1. The van der Waals surface area contributed by atoms with Crippen LogP contribution in [0.25, 0.3) is 10.9 Å². The minimum Gasteiger partial charge on any atom is -0.406 e. The summed E-state index contributed by atoms with van der Waals surface area (Å²) >= 11 is 3.20. The van der Waals surface area contributed by atoms with E-state index in [9.17, 15) is 22.4 Å². The second-order valence-electron chi connectivity index (χ2n) is 7.65. The number of hydrogen-bond donors (Lipinski definition) is 0. The molecule has 1 amide bonds. The van der Waals surface area contributed by atoms with Gasteiger partial charge in [0.15, 0.2) is 0 Å². The lowest BCUT2D eigenvalue weighted by Gasteiger charge is -2.48. The number of pyridine rings is 1. The third-order valence-corrected chi connectivity index (χ3v) is 6.41. The first kappa shape index (κ1) is 20.0. The SMILES string of the molecule is CN1C(=O)C2(CN(c3ccc(OC(F)(F)F)cc3)C2)c2c1cnc1cc(F)c(Br)cc21. The lowest BCUT2D eigenvalue weighted by Crippen LogP contribution is -2.64. The zero-order valence-corrected chi connectivity index (χ0v) is 17.6. The molecule has 2 aliphatic heterocycles. The first-order valence-electron chi connectivity index (χ1n) is 9.26. The minimum atomic E-state index is -4.75. The van der Waals surface area contributed by atoms with Crippen LogP contribution in [-0.4, -0.2) is 37.4 Å². The molecule has 0 atom stereocenters. The van der Waals surface area contributed by atoms with E-state index in [0.717, 1.165) is 5.56 Å². The van der Waals surface area contributed by atoms with Gasteiger partial charge >= 0.3 is 6.36 Å². The van der Waals surface area contributed by atoms with E-state index in [2.05, 4.69) is 25.7 Å². The van der Waals surface area contributed by atoms with Crippen molar-refractivity contribution in [1.82, 2.24) is 4.98 Å². The smallest absolute Gasteiger partial charge is 0.406 e. The predicted molar refractivity (Wildman–Crippen MR) is 110 cm³/mol. The Balaban J connectivity index is 1.50. The lowest BCUT2D eigenvalue weighted by atomic mass is 9.73. The van der Waals surface area contributed by atoms with Crippen LogP contribution < -0.4 is 14.5 Å². The van der Waals surface area contributed by atoms with Crippen LogP contribution in [0.15, 0.2) is 47.1 Å². The van der Waals surface area contributed by atoms with Crippen LogP contribution in [0.2, 0.25) is 0 Å². The molecule has 1 saturated heterocycles. The van der Waals surface area contributed by atoms with Crippen molar-refractivity contribution in [2.45, 2.75) is 11.8 Å². The molecule has 3 aromatic rings. The van der Waals surface area contributed by atoms with Gasteiger partial charge < -0.3 is 14.5 Å².